The van der Waals surface area contributed by atoms with Crippen LogP contribution in [0.1, 0.15) is 12.8 Å². The first kappa shape index (κ1) is 15.7. The molecule has 1 aromatic heterocycles. The van der Waals surface area contributed by atoms with E-state index in [2.05, 4.69) is 4.98 Å². The first-order chi connectivity index (χ1) is 10.6. The minimum Gasteiger partial charge on any atom is -0.389 e. The zero-order chi connectivity index (χ0) is 15.6. The summed E-state index contributed by atoms with van der Waals surface area (Å²) >= 11 is 0. The molecular weight excluding hydrogens is 306 g/mol. The lowest BCUT2D eigenvalue weighted by Gasteiger charge is -2.26. The quantitative estimate of drug-likeness (QED) is 0.807. The molecule has 0 spiro atoms. The molecule has 3 rings (SSSR count). The molecule has 0 aliphatic carbocycles. The number of sulfonamides is 1. The zero-order valence-electron chi connectivity index (χ0n) is 12.4. The highest BCUT2D eigenvalue weighted by molar-refractivity contribution is 7.89. The number of hydrogen-bond donors (Lipinski definition) is 1. The largest absolute Gasteiger partial charge is 0.389 e. The number of anilines is 1. The number of aliphatic hydroxyl groups excluding tert-OH is 1. The van der Waals surface area contributed by atoms with Gasteiger partial charge in [0.2, 0.25) is 10.0 Å². The van der Waals surface area contributed by atoms with Gasteiger partial charge in [-0.2, -0.15) is 4.31 Å². The van der Waals surface area contributed by atoms with E-state index in [4.69, 9.17) is 4.74 Å². The van der Waals surface area contributed by atoms with Crippen LogP contribution in [0.4, 0.5) is 5.82 Å². The van der Waals surface area contributed by atoms with Crippen LogP contribution in [0.3, 0.4) is 0 Å². The van der Waals surface area contributed by atoms with E-state index in [0.29, 0.717) is 32.8 Å². The van der Waals surface area contributed by atoms with E-state index in [0.717, 1.165) is 25.2 Å². The summed E-state index contributed by atoms with van der Waals surface area (Å²) in [4.78, 5) is 5.35. The summed E-state index contributed by atoms with van der Waals surface area (Å²) in [6, 6.07) is 3.39. The van der Waals surface area contributed by atoms with Gasteiger partial charge < -0.3 is 9.84 Å². The van der Waals surface area contributed by atoms with Gasteiger partial charge in [0.25, 0.3) is 5.82 Å². The van der Waals surface area contributed by atoms with E-state index in [1.807, 2.05) is 4.90 Å². The number of H-pyrrole nitrogens is 1. The van der Waals surface area contributed by atoms with Crippen molar-refractivity contribution in [1.29, 1.82) is 0 Å². The first-order valence-corrected chi connectivity index (χ1v) is 9.04. The van der Waals surface area contributed by atoms with E-state index in [-0.39, 0.29) is 11.0 Å². The Morgan fingerprint density at radius 3 is 2.64 bits per heavy atom. The fourth-order valence-electron chi connectivity index (χ4n) is 2.87. The third-order valence-corrected chi connectivity index (χ3v) is 6.01. The van der Waals surface area contributed by atoms with E-state index >= 15 is 0 Å². The second-order valence-electron chi connectivity index (χ2n) is 5.67. The van der Waals surface area contributed by atoms with Crippen LogP contribution in [0.25, 0.3) is 0 Å². The molecule has 2 N–H and O–H groups in total. The van der Waals surface area contributed by atoms with Crippen molar-refractivity contribution >= 4 is 15.8 Å². The summed E-state index contributed by atoms with van der Waals surface area (Å²) in [7, 11) is -3.47. The van der Waals surface area contributed by atoms with Crippen LogP contribution >= 0.6 is 0 Å². The van der Waals surface area contributed by atoms with Gasteiger partial charge in [0.1, 0.15) is 17.6 Å². The Hall–Kier alpha value is -1.22. The Morgan fingerprint density at radius 2 is 2.00 bits per heavy atom. The maximum Gasteiger partial charge on any atom is 0.274 e. The Morgan fingerprint density at radius 1 is 1.23 bits per heavy atom. The Balaban J connectivity index is 1.75. The third kappa shape index (κ3) is 3.24. The van der Waals surface area contributed by atoms with Gasteiger partial charge in [-0.25, -0.2) is 13.4 Å². The summed E-state index contributed by atoms with van der Waals surface area (Å²) < 4.78 is 31.7. The number of aliphatic hydroxyl groups is 1. The molecular formula is C14H22N3O4S+. The number of nitrogens with one attached hydrogen (secondary N) is 1. The van der Waals surface area contributed by atoms with E-state index in [1.54, 1.807) is 12.1 Å². The van der Waals surface area contributed by atoms with Gasteiger partial charge >= 0.3 is 0 Å². The zero-order valence-corrected chi connectivity index (χ0v) is 13.3. The minimum atomic E-state index is -3.47. The van der Waals surface area contributed by atoms with E-state index in [9.17, 15) is 13.5 Å². The molecule has 2 aliphatic heterocycles. The van der Waals surface area contributed by atoms with Crippen molar-refractivity contribution in [1.82, 2.24) is 4.31 Å². The number of morpholine rings is 1. The molecule has 0 saturated carbocycles. The van der Waals surface area contributed by atoms with Crippen molar-refractivity contribution in [3.05, 3.63) is 18.3 Å². The number of piperidine rings is 1. The Labute approximate surface area is 130 Å². The molecule has 122 valence electrons. The van der Waals surface area contributed by atoms with Gasteiger partial charge in [-0.3, -0.25) is 4.90 Å². The van der Waals surface area contributed by atoms with Crippen LogP contribution in [0.2, 0.25) is 0 Å². The van der Waals surface area contributed by atoms with Crippen LogP contribution in [-0.2, 0) is 14.8 Å². The first-order valence-electron chi connectivity index (χ1n) is 7.60. The Kier molecular flexibility index (Phi) is 4.62. The second kappa shape index (κ2) is 6.49. The summed E-state index contributed by atoms with van der Waals surface area (Å²) in [5, 5.41) is 9.72. The number of rotatable bonds is 3. The van der Waals surface area contributed by atoms with Crippen LogP contribution in [-0.4, -0.2) is 63.3 Å². The van der Waals surface area contributed by atoms with E-state index in [1.165, 1.54) is 10.5 Å². The number of hydrogen-bond acceptors (Lipinski definition) is 5. The van der Waals surface area contributed by atoms with Crippen molar-refractivity contribution in [2.75, 3.05) is 44.3 Å². The monoisotopic (exact) mass is 328 g/mol. The average Bonchev–Trinajstić information content (AvgIpc) is 2.56. The lowest BCUT2D eigenvalue weighted by molar-refractivity contribution is -0.367. The molecule has 1 aromatic rings. The smallest absolute Gasteiger partial charge is 0.274 e. The van der Waals surface area contributed by atoms with Crippen molar-refractivity contribution in [3.63, 3.8) is 0 Å². The summed E-state index contributed by atoms with van der Waals surface area (Å²) in [6.45, 7) is 3.10. The highest BCUT2D eigenvalue weighted by Crippen LogP contribution is 2.19. The number of pyridine rings is 1. The fourth-order valence-corrected chi connectivity index (χ4v) is 4.24. The van der Waals surface area contributed by atoms with Crippen LogP contribution in [0.15, 0.2) is 23.2 Å². The molecule has 1 atom stereocenters. The number of aromatic amines is 1. The topological polar surface area (TPSA) is 84.2 Å². The van der Waals surface area contributed by atoms with Crippen molar-refractivity contribution in [2.24, 2.45) is 0 Å². The van der Waals surface area contributed by atoms with Crippen LogP contribution < -0.4 is 9.88 Å². The lowest BCUT2D eigenvalue weighted by atomic mass is 10.1. The second-order valence-corrected chi connectivity index (χ2v) is 7.61. The van der Waals surface area contributed by atoms with Gasteiger partial charge in [0.05, 0.1) is 25.9 Å². The Bertz CT molecular complexity index is 599. The normalized spacial score (nSPS) is 24.4. The molecule has 0 amide bonds. The fraction of sp³-hybridized carbons (Fsp3) is 0.643. The van der Waals surface area contributed by atoms with Crippen LogP contribution in [0, 0.1) is 0 Å². The summed E-state index contributed by atoms with van der Waals surface area (Å²) in [5.41, 5.74) is 0. The average molecular weight is 328 g/mol. The molecule has 7 nitrogen and oxygen atoms in total. The lowest BCUT2D eigenvalue weighted by Crippen LogP contribution is -2.42. The highest BCUT2D eigenvalue weighted by atomic mass is 32.2. The molecule has 0 unspecified atom stereocenters. The third-order valence-electron chi connectivity index (χ3n) is 4.11. The summed E-state index contributed by atoms with van der Waals surface area (Å²) in [5.74, 6) is 0.833. The molecule has 2 aliphatic rings. The molecule has 2 saturated heterocycles. The van der Waals surface area contributed by atoms with Crippen molar-refractivity contribution < 1.29 is 23.2 Å². The molecule has 3 heterocycles. The molecule has 0 bridgehead atoms. The predicted molar refractivity (Wildman–Crippen MR) is 80.0 cm³/mol. The van der Waals surface area contributed by atoms with Gasteiger partial charge in [0.15, 0.2) is 0 Å². The highest BCUT2D eigenvalue weighted by Gasteiger charge is 2.29. The minimum absolute atomic E-state index is 0.260. The predicted octanol–water partition coefficient (Wildman–Crippen LogP) is -0.517. The van der Waals surface area contributed by atoms with E-state index < -0.39 is 10.0 Å². The number of β-amino-alcohol motifs (C(OH)–C–C–N with tert-alkyl or cyclic N) is 1. The van der Waals surface area contributed by atoms with Crippen molar-refractivity contribution in [2.45, 2.75) is 23.8 Å². The number of aromatic nitrogens is 1. The van der Waals surface area contributed by atoms with Gasteiger partial charge in [-0.15, -0.1) is 0 Å². The SMILES string of the molecule is O=S(=O)(c1ccc(N2CCC[C@@H](O)C2)[nH+]c1)N1CCOCC1. The van der Waals surface area contributed by atoms with Crippen molar-refractivity contribution in [3.8, 4) is 0 Å². The van der Waals surface area contributed by atoms with Gasteiger partial charge in [-0.05, 0) is 18.9 Å². The molecule has 22 heavy (non-hydrogen) atoms. The number of ether oxygens (including phenoxy) is 1. The molecule has 0 radical (unpaired) electrons. The molecule has 8 heteroatoms. The summed E-state index contributed by atoms with van der Waals surface area (Å²) in [6.07, 6.45) is 2.96. The maximum atomic E-state index is 12.5. The maximum absolute atomic E-state index is 12.5. The van der Waals surface area contributed by atoms with Gasteiger partial charge in [-0.1, -0.05) is 0 Å². The number of nitrogens with zero attached hydrogens (tertiary/aromatic N) is 2. The molecule has 0 aromatic carbocycles. The van der Waals surface area contributed by atoms with Crippen LogP contribution in [0.5, 0.6) is 0 Å². The molecule has 2 fully saturated rings. The van der Waals surface area contributed by atoms with Gasteiger partial charge in [0, 0.05) is 19.2 Å². The standard InChI is InChI=1S/C14H21N3O4S/c18-12-2-1-5-16(11-12)14-4-3-13(10-15-14)22(19,20)17-6-8-21-9-7-17/h3-4,10,12,18H,1-2,5-9,11H2/p+1/t12-/m1/s1.